The van der Waals surface area contributed by atoms with Crippen LogP contribution in [0, 0.1) is 11.6 Å². The van der Waals surface area contributed by atoms with Gasteiger partial charge >= 0.3 is 12.1 Å². The zero-order valence-corrected chi connectivity index (χ0v) is 27.5. The predicted octanol–water partition coefficient (Wildman–Crippen LogP) is 5.31. The van der Waals surface area contributed by atoms with E-state index in [0.717, 1.165) is 27.2 Å². The van der Waals surface area contributed by atoms with Crippen molar-refractivity contribution >= 4 is 17.6 Å². The number of nitrogens with zero attached hydrogens (tertiary/aromatic N) is 2. The molecular formula is C35H38F5N3O6. The average molecular weight is 692 g/mol. The minimum absolute atomic E-state index is 0.0911. The van der Waals surface area contributed by atoms with Crippen molar-refractivity contribution in [2.45, 2.75) is 50.0 Å². The van der Waals surface area contributed by atoms with Gasteiger partial charge in [-0.05, 0) is 61.8 Å². The minimum atomic E-state index is -4.73. The summed E-state index contributed by atoms with van der Waals surface area (Å²) in [6.07, 6.45) is -3.65. The van der Waals surface area contributed by atoms with Crippen molar-refractivity contribution in [1.82, 2.24) is 10.2 Å². The molecule has 3 aromatic rings. The third-order valence-corrected chi connectivity index (χ3v) is 8.98. The number of fused-ring (bicyclic) bond motifs is 1. The Morgan fingerprint density at radius 2 is 1.80 bits per heavy atom. The average Bonchev–Trinajstić information content (AvgIpc) is 3.47. The Kier molecular flexibility index (Phi) is 10.7. The van der Waals surface area contributed by atoms with Gasteiger partial charge in [-0.25, -0.2) is 13.6 Å². The van der Waals surface area contributed by atoms with Crippen LogP contribution in [0.1, 0.15) is 50.5 Å². The maximum atomic E-state index is 15.2. The van der Waals surface area contributed by atoms with Gasteiger partial charge in [0, 0.05) is 42.2 Å². The number of halogens is 5. The van der Waals surface area contributed by atoms with E-state index in [9.17, 15) is 27.9 Å². The highest BCUT2D eigenvalue weighted by Crippen LogP contribution is 2.48. The Morgan fingerprint density at radius 3 is 2.41 bits per heavy atom. The molecule has 1 aliphatic carbocycles. The molecule has 5 rings (SSSR count). The number of carboxylic acids is 1. The smallest absolute Gasteiger partial charge is 0.411 e. The lowest BCUT2D eigenvalue weighted by Crippen LogP contribution is -2.53. The molecule has 1 aliphatic heterocycles. The number of morpholine rings is 1. The van der Waals surface area contributed by atoms with E-state index in [2.05, 4.69) is 5.32 Å². The summed E-state index contributed by atoms with van der Waals surface area (Å²) in [5.41, 5.74) is 2.80. The van der Waals surface area contributed by atoms with Crippen LogP contribution >= 0.6 is 0 Å². The normalized spacial score (nSPS) is 18.3. The molecule has 1 unspecified atom stereocenters. The SMILES string of the molecule is COc1ccc(CN(C)C)c(OC)c1[C@@H]1CCc2c(CC(NC(=O)c3c(F)cc(N4CCOC[C@@H]4C(F)(F)F)cc3F)C(=O)O)cccc21. The molecule has 2 N–H and O–H groups in total. The van der Waals surface area contributed by atoms with Gasteiger partial charge in [-0.3, -0.25) is 4.79 Å². The van der Waals surface area contributed by atoms with Gasteiger partial charge in [-0.2, -0.15) is 13.2 Å². The van der Waals surface area contributed by atoms with Gasteiger partial charge in [0.1, 0.15) is 40.8 Å². The second-order valence-electron chi connectivity index (χ2n) is 12.4. The largest absolute Gasteiger partial charge is 0.496 e. The second-order valence-corrected chi connectivity index (χ2v) is 12.4. The number of carbonyl (C=O) groups excluding carboxylic acids is 1. The van der Waals surface area contributed by atoms with E-state index in [-0.39, 0.29) is 25.5 Å². The van der Waals surface area contributed by atoms with Gasteiger partial charge in [0.15, 0.2) is 0 Å². The topological polar surface area (TPSA) is 101 Å². The van der Waals surface area contributed by atoms with E-state index in [1.165, 1.54) is 0 Å². The molecule has 1 amide bonds. The van der Waals surface area contributed by atoms with Crippen molar-refractivity contribution in [3.8, 4) is 11.5 Å². The fraction of sp³-hybridized carbons (Fsp3) is 0.429. The van der Waals surface area contributed by atoms with Crippen LogP contribution in [0.2, 0.25) is 0 Å². The molecule has 14 heteroatoms. The Bertz CT molecular complexity index is 1690. The van der Waals surface area contributed by atoms with Gasteiger partial charge in [-0.1, -0.05) is 24.3 Å². The number of hydrogen-bond acceptors (Lipinski definition) is 7. The van der Waals surface area contributed by atoms with Crippen molar-refractivity contribution < 1.29 is 50.9 Å². The number of amides is 1. The minimum Gasteiger partial charge on any atom is -0.496 e. The number of anilines is 1. The quantitative estimate of drug-likeness (QED) is 0.261. The van der Waals surface area contributed by atoms with Crippen LogP contribution in [0.5, 0.6) is 11.5 Å². The van der Waals surface area contributed by atoms with Crippen LogP contribution in [0.25, 0.3) is 0 Å². The van der Waals surface area contributed by atoms with E-state index in [0.29, 0.717) is 48.6 Å². The zero-order chi connectivity index (χ0) is 35.6. The van der Waals surface area contributed by atoms with Crippen LogP contribution in [-0.2, 0) is 28.9 Å². The number of rotatable bonds is 11. The highest BCUT2D eigenvalue weighted by Gasteiger charge is 2.46. The molecule has 0 spiro atoms. The van der Waals surface area contributed by atoms with E-state index in [4.69, 9.17) is 14.2 Å². The lowest BCUT2D eigenvalue weighted by molar-refractivity contribution is -0.167. The molecule has 1 heterocycles. The van der Waals surface area contributed by atoms with Gasteiger partial charge in [0.2, 0.25) is 0 Å². The van der Waals surface area contributed by atoms with Crippen LogP contribution in [0.4, 0.5) is 27.6 Å². The summed E-state index contributed by atoms with van der Waals surface area (Å²) in [7, 11) is 7.09. The fourth-order valence-electron chi connectivity index (χ4n) is 6.84. The Hall–Kier alpha value is -4.43. The standard InChI is InChI=1S/C35H38F5N3O6/c1-42(2)17-20-8-11-28(47-3)30(32(20)48-4)24-10-9-22-19(6-5-7-23(22)24)14-27(34(45)46)41-33(44)31-25(36)15-21(16-26(31)37)43-12-13-49-18-29(43)35(38,39)40/h5-8,11,15-16,24,27,29H,9-10,12-14,17-18H2,1-4H3,(H,41,44)(H,45,46)/t24-,27?,29-/m1/s1. The second kappa shape index (κ2) is 14.6. The number of benzene rings is 3. The Morgan fingerprint density at radius 1 is 1.08 bits per heavy atom. The molecule has 0 aromatic heterocycles. The van der Waals surface area contributed by atoms with Gasteiger partial charge in [0.25, 0.3) is 5.91 Å². The van der Waals surface area contributed by atoms with E-state index < -0.39 is 59.6 Å². The molecule has 9 nitrogen and oxygen atoms in total. The Balaban J connectivity index is 1.40. The summed E-state index contributed by atoms with van der Waals surface area (Å²) in [4.78, 5) is 28.3. The van der Waals surface area contributed by atoms with Crippen molar-refractivity contribution in [2.24, 2.45) is 0 Å². The number of alkyl halides is 3. The molecule has 264 valence electrons. The monoisotopic (exact) mass is 691 g/mol. The number of methoxy groups -OCH3 is 2. The van der Waals surface area contributed by atoms with Gasteiger partial charge in [-0.15, -0.1) is 0 Å². The fourth-order valence-corrected chi connectivity index (χ4v) is 6.84. The first-order valence-corrected chi connectivity index (χ1v) is 15.7. The number of aliphatic carboxylic acids is 1. The third-order valence-electron chi connectivity index (χ3n) is 8.98. The van der Waals surface area contributed by atoms with Crippen LogP contribution in [-0.4, -0.2) is 88.2 Å². The third kappa shape index (κ3) is 7.44. The van der Waals surface area contributed by atoms with Crippen molar-refractivity contribution in [2.75, 3.05) is 53.0 Å². The van der Waals surface area contributed by atoms with Gasteiger partial charge in [0.05, 0.1) is 27.4 Å². The number of hydrogen-bond donors (Lipinski definition) is 2. The summed E-state index contributed by atoms with van der Waals surface area (Å²) in [5.74, 6) is -4.41. The lowest BCUT2D eigenvalue weighted by atomic mass is 9.88. The highest BCUT2D eigenvalue weighted by atomic mass is 19.4. The number of nitrogens with one attached hydrogen (secondary N) is 1. The first kappa shape index (κ1) is 35.9. The van der Waals surface area contributed by atoms with Crippen LogP contribution in [0.15, 0.2) is 42.5 Å². The number of carbonyl (C=O) groups is 2. The Labute approximate surface area is 280 Å². The van der Waals surface area contributed by atoms with Crippen LogP contribution < -0.4 is 19.7 Å². The predicted molar refractivity (Wildman–Crippen MR) is 171 cm³/mol. The van der Waals surface area contributed by atoms with Crippen molar-refractivity contribution in [3.05, 3.63) is 87.5 Å². The summed E-state index contributed by atoms with van der Waals surface area (Å²) >= 11 is 0. The van der Waals surface area contributed by atoms with E-state index in [1.807, 2.05) is 37.2 Å². The molecular weight excluding hydrogens is 653 g/mol. The molecule has 3 atom stereocenters. The first-order chi connectivity index (χ1) is 23.2. The van der Waals surface area contributed by atoms with E-state index >= 15 is 8.78 Å². The zero-order valence-electron chi connectivity index (χ0n) is 27.5. The van der Waals surface area contributed by atoms with Gasteiger partial charge < -0.3 is 34.4 Å². The highest BCUT2D eigenvalue weighted by molar-refractivity contribution is 5.97. The molecule has 1 fully saturated rings. The van der Waals surface area contributed by atoms with Crippen LogP contribution in [0.3, 0.4) is 0 Å². The molecule has 3 aromatic carbocycles. The summed E-state index contributed by atoms with van der Waals surface area (Å²) in [5, 5.41) is 12.3. The number of carboxylic acid groups (broad SMARTS) is 1. The van der Waals surface area contributed by atoms with E-state index in [1.54, 1.807) is 26.4 Å². The summed E-state index contributed by atoms with van der Waals surface area (Å²) in [6.45, 7) is -0.459. The molecule has 0 bridgehead atoms. The maximum Gasteiger partial charge on any atom is 0.411 e. The number of ether oxygens (including phenoxy) is 3. The summed E-state index contributed by atoms with van der Waals surface area (Å²) < 4.78 is 87.6. The van der Waals surface area contributed by atoms with Crippen molar-refractivity contribution in [3.63, 3.8) is 0 Å². The summed E-state index contributed by atoms with van der Waals surface area (Å²) in [6, 6.07) is 6.90. The molecule has 0 saturated carbocycles. The molecule has 49 heavy (non-hydrogen) atoms. The molecule has 0 radical (unpaired) electrons. The van der Waals surface area contributed by atoms with Crippen molar-refractivity contribution in [1.29, 1.82) is 0 Å². The molecule has 2 aliphatic rings. The molecule has 1 saturated heterocycles. The first-order valence-electron chi connectivity index (χ1n) is 15.7. The lowest BCUT2D eigenvalue weighted by Gasteiger charge is -2.38. The maximum absolute atomic E-state index is 15.2.